The third kappa shape index (κ3) is 2.37. The van der Waals surface area contributed by atoms with Gasteiger partial charge in [0.15, 0.2) is 11.6 Å². The molecule has 0 unspecified atom stereocenters. The van der Waals surface area contributed by atoms with Crippen LogP contribution in [0.5, 0.6) is 0 Å². The molecule has 0 aliphatic rings. The maximum absolute atomic E-state index is 13.2. The summed E-state index contributed by atoms with van der Waals surface area (Å²) in [4.78, 5) is 7.38. The summed E-state index contributed by atoms with van der Waals surface area (Å²) < 4.78 is 13.2. The Hall–Kier alpha value is -1.70. The summed E-state index contributed by atoms with van der Waals surface area (Å²) in [6, 6.07) is 1.94. The molecule has 0 fully saturated rings. The van der Waals surface area contributed by atoms with Crippen LogP contribution in [0.15, 0.2) is 6.33 Å². The Morgan fingerprint density at radius 2 is 2.38 bits per heavy atom. The van der Waals surface area contributed by atoms with E-state index >= 15 is 0 Å². The van der Waals surface area contributed by atoms with Crippen LogP contribution < -0.4 is 5.32 Å². The summed E-state index contributed by atoms with van der Waals surface area (Å²) in [5, 5.41) is 11.0. The number of aryl methyl sites for hydroxylation is 1. The first-order valence-electron chi connectivity index (χ1n) is 3.83. The number of rotatable bonds is 3. The molecule has 5 heteroatoms. The molecule has 1 aromatic heterocycles. The molecule has 0 atom stereocenters. The summed E-state index contributed by atoms with van der Waals surface area (Å²) >= 11 is 0. The lowest BCUT2D eigenvalue weighted by Gasteiger charge is -2.04. The number of halogens is 1. The zero-order valence-electron chi connectivity index (χ0n) is 7.21. The van der Waals surface area contributed by atoms with Gasteiger partial charge in [0.1, 0.15) is 6.33 Å². The monoisotopic (exact) mass is 180 g/mol. The molecule has 0 saturated carbocycles. The SMILES string of the molecule is Cc1ncnc(NCCC#N)c1F. The molecule has 1 heterocycles. The van der Waals surface area contributed by atoms with E-state index in [4.69, 9.17) is 5.26 Å². The summed E-state index contributed by atoms with van der Waals surface area (Å²) in [6.45, 7) is 1.95. The Balaban J connectivity index is 2.67. The van der Waals surface area contributed by atoms with Crippen molar-refractivity contribution in [3.8, 4) is 6.07 Å². The van der Waals surface area contributed by atoms with Crippen molar-refractivity contribution in [3.63, 3.8) is 0 Å². The van der Waals surface area contributed by atoms with Crippen LogP contribution in [0.4, 0.5) is 10.2 Å². The van der Waals surface area contributed by atoms with Gasteiger partial charge in [0.25, 0.3) is 0 Å². The topological polar surface area (TPSA) is 61.6 Å². The largest absolute Gasteiger partial charge is 0.366 e. The number of nitrogens with zero attached hydrogens (tertiary/aromatic N) is 3. The zero-order valence-corrected chi connectivity index (χ0v) is 7.21. The predicted molar refractivity (Wildman–Crippen MR) is 45.4 cm³/mol. The highest BCUT2D eigenvalue weighted by molar-refractivity contribution is 5.36. The number of hydrogen-bond acceptors (Lipinski definition) is 4. The minimum atomic E-state index is -0.458. The van der Waals surface area contributed by atoms with Gasteiger partial charge in [0, 0.05) is 6.54 Å². The smallest absolute Gasteiger partial charge is 0.186 e. The molecule has 1 N–H and O–H groups in total. The first kappa shape index (κ1) is 9.39. The van der Waals surface area contributed by atoms with Gasteiger partial charge < -0.3 is 5.32 Å². The second-order valence-corrected chi connectivity index (χ2v) is 2.46. The highest BCUT2D eigenvalue weighted by atomic mass is 19.1. The lowest BCUT2D eigenvalue weighted by molar-refractivity contribution is 0.605. The molecule has 0 aliphatic carbocycles. The fourth-order valence-corrected chi connectivity index (χ4v) is 0.818. The average molecular weight is 180 g/mol. The molecule has 0 aliphatic heterocycles. The van der Waals surface area contributed by atoms with Gasteiger partial charge in [-0.3, -0.25) is 0 Å². The van der Waals surface area contributed by atoms with Gasteiger partial charge in [-0.2, -0.15) is 5.26 Å². The summed E-state index contributed by atoms with van der Waals surface area (Å²) in [5.74, 6) is -0.303. The van der Waals surface area contributed by atoms with E-state index in [1.54, 1.807) is 6.92 Å². The van der Waals surface area contributed by atoms with Crippen molar-refractivity contribution < 1.29 is 4.39 Å². The third-order valence-electron chi connectivity index (χ3n) is 1.49. The van der Waals surface area contributed by atoms with E-state index in [1.165, 1.54) is 6.33 Å². The Kier molecular flexibility index (Phi) is 3.15. The number of nitrogens with one attached hydrogen (secondary N) is 1. The Labute approximate surface area is 75.4 Å². The van der Waals surface area contributed by atoms with Crippen LogP contribution in [0.1, 0.15) is 12.1 Å². The number of hydrogen-bond donors (Lipinski definition) is 1. The van der Waals surface area contributed by atoms with E-state index < -0.39 is 5.82 Å². The molecule has 0 aromatic carbocycles. The van der Waals surface area contributed by atoms with Gasteiger partial charge >= 0.3 is 0 Å². The van der Waals surface area contributed by atoms with E-state index in [-0.39, 0.29) is 5.82 Å². The molecule has 0 amide bonds. The molecular formula is C8H9FN4. The van der Waals surface area contributed by atoms with Crippen LogP contribution in [-0.4, -0.2) is 16.5 Å². The van der Waals surface area contributed by atoms with Crippen LogP contribution >= 0.6 is 0 Å². The van der Waals surface area contributed by atoms with E-state index in [0.29, 0.717) is 18.7 Å². The molecule has 0 radical (unpaired) electrons. The minimum Gasteiger partial charge on any atom is -0.366 e. The van der Waals surface area contributed by atoms with Crippen LogP contribution in [0.3, 0.4) is 0 Å². The summed E-state index contributed by atoms with van der Waals surface area (Å²) in [7, 11) is 0. The van der Waals surface area contributed by atoms with Crippen molar-refractivity contribution >= 4 is 5.82 Å². The maximum Gasteiger partial charge on any atom is 0.186 e. The van der Waals surface area contributed by atoms with Crippen molar-refractivity contribution in [1.82, 2.24) is 9.97 Å². The van der Waals surface area contributed by atoms with Crippen molar-refractivity contribution in [2.75, 3.05) is 11.9 Å². The second-order valence-electron chi connectivity index (χ2n) is 2.46. The van der Waals surface area contributed by atoms with E-state index in [1.807, 2.05) is 6.07 Å². The Morgan fingerprint density at radius 1 is 1.62 bits per heavy atom. The lowest BCUT2D eigenvalue weighted by atomic mass is 10.4. The molecule has 13 heavy (non-hydrogen) atoms. The maximum atomic E-state index is 13.2. The third-order valence-corrected chi connectivity index (χ3v) is 1.49. The van der Waals surface area contributed by atoms with E-state index in [9.17, 15) is 4.39 Å². The van der Waals surface area contributed by atoms with Gasteiger partial charge in [0.05, 0.1) is 18.2 Å². The molecule has 0 spiro atoms. The van der Waals surface area contributed by atoms with Gasteiger partial charge in [-0.1, -0.05) is 0 Å². The molecule has 1 rings (SSSR count). The van der Waals surface area contributed by atoms with Gasteiger partial charge in [-0.25, -0.2) is 14.4 Å². The van der Waals surface area contributed by atoms with Gasteiger partial charge in [0.2, 0.25) is 0 Å². The quantitative estimate of drug-likeness (QED) is 0.711. The molecule has 68 valence electrons. The van der Waals surface area contributed by atoms with Crippen molar-refractivity contribution in [3.05, 3.63) is 17.8 Å². The highest BCUT2D eigenvalue weighted by Crippen LogP contribution is 2.10. The summed E-state index contributed by atoms with van der Waals surface area (Å²) in [5.41, 5.74) is 0.300. The fraction of sp³-hybridized carbons (Fsp3) is 0.375. The second kappa shape index (κ2) is 4.36. The van der Waals surface area contributed by atoms with Gasteiger partial charge in [-0.15, -0.1) is 0 Å². The lowest BCUT2D eigenvalue weighted by Crippen LogP contribution is -2.06. The van der Waals surface area contributed by atoms with Crippen molar-refractivity contribution in [2.24, 2.45) is 0 Å². The average Bonchev–Trinajstić information content (AvgIpc) is 2.13. The normalized spacial score (nSPS) is 9.31. The Bertz CT molecular complexity index is 331. The number of aromatic nitrogens is 2. The molecule has 0 bridgehead atoms. The molecular weight excluding hydrogens is 171 g/mol. The molecule has 0 saturated heterocycles. The standard InChI is InChI=1S/C8H9FN4/c1-6-7(9)8(13-5-12-6)11-4-2-3-10/h5H,2,4H2,1H3,(H,11,12,13). The zero-order chi connectivity index (χ0) is 9.68. The van der Waals surface area contributed by atoms with E-state index in [2.05, 4.69) is 15.3 Å². The molecule has 4 nitrogen and oxygen atoms in total. The van der Waals surface area contributed by atoms with Crippen LogP contribution in [-0.2, 0) is 0 Å². The minimum absolute atomic E-state index is 0.155. The summed E-state index contributed by atoms with van der Waals surface area (Å²) in [6.07, 6.45) is 1.61. The first-order valence-corrected chi connectivity index (χ1v) is 3.83. The van der Waals surface area contributed by atoms with Crippen molar-refractivity contribution in [1.29, 1.82) is 5.26 Å². The molecule has 1 aromatic rings. The highest BCUT2D eigenvalue weighted by Gasteiger charge is 2.05. The van der Waals surface area contributed by atoms with Crippen molar-refractivity contribution in [2.45, 2.75) is 13.3 Å². The first-order chi connectivity index (χ1) is 6.25. The van der Waals surface area contributed by atoms with Crippen LogP contribution in [0.2, 0.25) is 0 Å². The number of anilines is 1. The fourth-order valence-electron chi connectivity index (χ4n) is 0.818. The Morgan fingerprint density at radius 3 is 3.08 bits per heavy atom. The van der Waals surface area contributed by atoms with E-state index in [0.717, 1.165) is 0 Å². The van der Waals surface area contributed by atoms with Gasteiger partial charge in [-0.05, 0) is 6.92 Å². The number of nitriles is 1. The predicted octanol–water partition coefficient (Wildman–Crippen LogP) is 1.25. The van der Waals surface area contributed by atoms with Crippen LogP contribution in [0, 0.1) is 24.1 Å². The van der Waals surface area contributed by atoms with Crippen LogP contribution in [0.25, 0.3) is 0 Å².